The maximum atomic E-state index is 13.6. The lowest BCUT2D eigenvalue weighted by Gasteiger charge is -2.11. The molecule has 2 rings (SSSR count). The first-order chi connectivity index (χ1) is 11.4. The van der Waals surface area contributed by atoms with E-state index in [-0.39, 0.29) is 41.3 Å². The van der Waals surface area contributed by atoms with Crippen LogP contribution in [0.15, 0.2) is 24.3 Å². The van der Waals surface area contributed by atoms with Gasteiger partial charge in [-0.2, -0.15) is 4.39 Å². The van der Waals surface area contributed by atoms with E-state index < -0.39 is 18.2 Å². The Bertz CT molecular complexity index is 755. The summed E-state index contributed by atoms with van der Waals surface area (Å²) in [6, 6.07) is 9.60. The molecule has 2 aromatic rings. The summed E-state index contributed by atoms with van der Waals surface area (Å²) < 4.78 is 32.5. The third-order valence-electron chi connectivity index (χ3n) is 3.25. The lowest BCUT2D eigenvalue weighted by Crippen LogP contribution is -2.07. The maximum absolute atomic E-state index is 13.6. The number of rotatable bonds is 7. The number of benzene rings is 1. The second-order valence-electron chi connectivity index (χ2n) is 5.11. The van der Waals surface area contributed by atoms with Gasteiger partial charge in [0.2, 0.25) is 0 Å². The van der Waals surface area contributed by atoms with Gasteiger partial charge < -0.3 is 9.53 Å². The number of carbonyl (C=O) groups is 2. The first-order valence-corrected chi connectivity index (χ1v) is 7.47. The monoisotopic (exact) mass is 350 g/mol. The van der Waals surface area contributed by atoms with Crippen molar-refractivity contribution in [2.24, 2.45) is 0 Å². The molecule has 0 atom stereocenters. The third kappa shape index (κ3) is 4.53. The van der Waals surface area contributed by atoms with Crippen LogP contribution < -0.4 is 4.74 Å². The molecule has 124 valence electrons. The number of ketones is 2. The molecular weight excluding hydrogens is 338 g/mol. The molecular formula is C18H13ClF2O3. The molecule has 3 nitrogen and oxygen atoms in total. The van der Waals surface area contributed by atoms with Gasteiger partial charge in [0.05, 0.1) is 11.1 Å². The van der Waals surface area contributed by atoms with Gasteiger partial charge in [-0.15, -0.1) is 0 Å². The first-order valence-electron chi connectivity index (χ1n) is 7.09. The summed E-state index contributed by atoms with van der Waals surface area (Å²) in [5.74, 6) is -2.04. The number of hydrogen-bond acceptors (Lipinski definition) is 3. The minimum atomic E-state index is -0.909. The average Bonchev–Trinajstić information content (AvgIpc) is 2.53. The van der Waals surface area contributed by atoms with Crippen molar-refractivity contribution in [2.75, 3.05) is 0 Å². The third-order valence-corrected chi connectivity index (χ3v) is 3.49. The normalized spacial score (nSPS) is 10.2. The molecule has 24 heavy (non-hydrogen) atoms. The molecule has 0 fully saturated rings. The highest BCUT2D eigenvalue weighted by Crippen LogP contribution is 2.26. The molecule has 0 bridgehead atoms. The van der Waals surface area contributed by atoms with Gasteiger partial charge in [-0.05, 0) is 31.2 Å². The van der Waals surface area contributed by atoms with Crippen LogP contribution in [0.3, 0.4) is 0 Å². The standard InChI is InChI=1S/C18H13ClF2O3/c1-11(22)5-7-17(23)13-9-12(19)6-8-18(13)24-10-14-15(20)3-2-4-16(14)21/h3,6,8-9H,5,7,10H2,1H3. The van der Waals surface area contributed by atoms with Gasteiger partial charge in [-0.3, -0.25) is 4.79 Å². The Balaban J connectivity index is 2.21. The van der Waals surface area contributed by atoms with Gasteiger partial charge in [0.1, 0.15) is 24.0 Å². The number of Topliss-reactive ketones (excluding diaryl/α,β-unsaturated/α-hetero) is 2. The molecule has 0 aliphatic heterocycles. The van der Waals surface area contributed by atoms with Crippen LogP contribution in [0.2, 0.25) is 5.02 Å². The van der Waals surface area contributed by atoms with Crippen molar-refractivity contribution in [1.29, 1.82) is 0 Å². The minimum Gasteiger partial charge on any atom is -0.488 e. The van der Waals surface area contributed by atoms with Crippen molar-refractivity contribution < 1.29 is 23.1 Å². The Hall–Kier alpha value is -2.45. The molecule has 0 amide bonds. The second kappa shape index (κ2) is 7.89. The Morgan fingerprint density at radius 1 is 1.25 bits per heavy atom. The van der Waals surface area contributed by atoms with Crippen molar-refractivity contribution in [3.63, 3.8) is 0 Å². The van der Waals surface area contributed by atoms with Gasteiger partial charge in [0.25, 0.3) is 0 Å². The largest absolute Gasteiger partial charge is 0.488 e. The van der Waals surface area contributed by atoms with Crippen LogP contribution in [0.1, 0.15) is 35.7 Å². The predicted octanol–water partition coefficient (Wildman–Crippen LogP) is 4.35. The van der Waals surface area contributed by atoms with Gasteiger partial charge in [-0.25, -0.2) is 4.39 Å². The summed E-state index contributed by atoms with van der Waals surface area (Å²) in [5, 5.41) is 0.313. The Labute approximate surface area is 143 Å². The van der Waals surface area contributed by atoms with Crippen molar-refractivity contribution in [1.82, 2.24) is 0 Å². The van der Waals surface area contributed by atoms with Gasteiger partial charge >= 0.3 is 0 Å². The van der Waals surface area contributed by atoms with Crippen LogP contribution in [-0.4, -0.2) is 11.6 Å². The zero-order valence-electron chi connectivity index (χ0n) is 12.8. The molecule has 0 aliphatic rings. The van der Waals surface area contributed by atoms with E-state index in [1.807, 2.05) is 0 Å². The lowest BCUT2D eigenvalue weighted by atomic mass is 10.0. The summed E-state index contributed by atoms with van der Waals surface area (Å²) >= 11 is 5.89. The number of hydrogen-bond donors (Lipinski definition) is 0. The van der Waals surface area contributed by atoms with E-state index in [1.54, 1.807) is 0 Å². The molecule has 6 heteroatoms. The van der Waals surface area contributed by atoms with Gasteiger partial charge in [-0.1, -0.05) is 17.7 Å². The molecule has 0 aromatic heterocycles. The van der Waals surface area contributed by atoms with E-state index in [9.17, 15) is 18.4 Å². The van der Waals surface area contributed by atoms with E-state index in [0.29, 0.717) is 5.02 Å². The second-order valence-corrected chi connectivity index (χ2v) is 5.54. The number of halogens is 3. The van der Waals surface area contributed by atoms with E-state index in [0.717, 1.165) is 6.07 Å². The van der Waals surface area contributed by atoms with Crippen molar-refractivity contribution in [2.45, 2.75) is 26.4 Å². The van der Waals surface area contributed by atoms with Gasteiger partial charge in [0, 0.05) is 23.9 Å². The smallest absolute Gasteiger partial charge is 0.183 e. The molecule has 2 aromatic carbocycles. The van der Waals surface area contributed by atoms with E-state index in [2.05, 4.69) is 12.1 Å². The Morgan fingerprint density at radius 3 is 2.67 bits per heavy atom. The molecule has 0 aliphatic carbocycles. The molecule has 0 heterocycles. The highest BCUT2D eigenvalue weighted by molar-refractivity contribution is 6.31. The Kier molecular flexibility index (Phi) is 5.88. The fourth-order valence-corrected chi connectivity index (χ4v) is 2.15. The quantitative estimate of drug-likeness (QED) is 0.697. The Morgan fingerprint density at radius 2 is 2.00 bits per heavy atom. The summed E-state index contributed by atoms with van der Waals surface area (Å²) in [7, 11) is 0. The first kappa shape index (κ1) is 17.9. The van der Waals surface area contributed by atoms with Gasteiger partial charge in [0.15, 0.2) is 11.6 Å². The zero-order valence-corrected chi connectivity index (χ0v) is 13.5. The number of ether oxygens (including phenoxy) is 1. The van der Waals surface area contributed by atoms with Crippen LogP contribution >= 0.6 is 11.6 Å². The lowest BCUT2D eigenvalue weighted by molar-refractivity contribution is -0.116. The van der Waals surface area contributed by atoms with Crippen LogP contribution in [0, 0.1) is 23.8 Å². The highest BCUT2D eigenvalue weighted by Gasteiger charge is 2.16. The van der Waals surface area contributed by atoms with Crippen LogP contribution in [0.25, 0.3) is 0 Å². The zero-order chi connectivity index (χ0) is 17.7. The summed E-state index contributed by atoms with van der Waals surface area (Å²) in [4.78, 5) is 23.2. The molecule has 0 spiro atoms. The van der Waals surface area contributed by atoms with Crippen LogP contribution in [0.5, 0.6) is 5.75 Å². The number of carbonyl (C=O) groups excluding carboxylic acids is 2. The molecule has 0 saturated carbocycles. The van der Waals surface area contributed by atoms with E-state index >= 15 is 0 Å². The van der Waals surface area contributed by atoms with E-state index in [1.165, 1.54) is 25.1 Å². The van der Waals surface area contributed by atoms with Crippen LogP contribution in [0.4, 0.5) is 8.78 Å². The molecule has 0 N–H and O–H groups in total. The van der Waals surface area contributed by atoms with Crippen molar-refractivity contribution in [3.8, 4) is 5.75 Å². The maximum Gasteiger partial charge on any atom is 0.183 e. The molecule has 0 saturated heterocycles. The van der Waals surface area contributed by atoms with E-state index in [4.69, 9.17) is 16.3 Å². The highest BCUT2D eigenvalue weighted by atomic mass is 35.5. The SMILES string of the molecule is CC(=O)CCC(=O)c1cc(Cl)ccc1OCc1c(F)c#ccc1F. The minimum absolute atomic E-state index is 0.00281. The van der Waals surface area contributed by atoms with Crippen LogP contribution in [-0.2, 0) is 11.4 Å². The fourth-order valence-electron chi connectivity index (χ4n) is 1.98. The average molecular weight is 351 g/mol. The molecule has 0 unspecified atom stereocenters. The van der Waals surface area contributed by atoms with Crippen molar-refractivity contribution >= 4 is 23.2 Å². The molecule has 0 radical (unpaired) electrons. The summed E-state index contributed by atoms with van der Waals surface area (Å²) in [5.41, 5.74) is -0.151. The summed E-state index contributed by atoms with van der Waals surface area (Å²) in [6.07, 6.45) is 0.0976. The fraction of sp³-hybridized carbons (Fsp3) is 0.222. The topological polar surface area (TPSA) is 43.4 Å². The van der Waals surface area contributed by atoms with Crippen molar-refractivity contribution in [3.05, 3.63) is 64.2 Å². The summed E-state index contributed by atoms with van der Waals surface area (Å²) in [6.45, 7) is 0.967. The predicted molar refractivity (Wildman–Crippen MR) is 84.1 cm³/mol.